The van der Waals surface area contributed by atoms with Gasteiger partial charge in [0.05, 0.1) is 26.1 Å². The van der Waals surface area contributed by atoms with Crippen LogP contribution in [0.1, 0.15) is 25.8 Å². The van der Waals surface area contributed by atoms with Gasteiger partial charge in [-0.3, -0.25) is 9.59 Å². The zero-order valence-corrected chi connectivity index (χ0v) is 12.7. The number of hydrogen-bond acceptors (Lipinski definition) is 4. The maximum Gasteiger partial charge on any atom is 0.309 e. The molecule has 1 rings (SSSR count). The van der Waals surface area contributed by atoms with Crippen LogP contribution in [0.15, 0.2) is 24.3 Å². The maximum atomic E-state index is 11.6. The Labute approximate surface area is 124 Å². The van der Waals surface area contributed by atoms with E-state index >= 15 is 0 Å². The van der Waals surface area contributed by atoms with Crippen LogP contribution in [-0.2, 0) is 20.7 Å². The first-order valence-electron chi connectivity index (χ1n) is 6.93. The number of ether oxygens (including phenoxy) is 2. The molecule has 1 atom stereocenters. The highest BCUT2D eigenvalue weighted by Gasteiger charge is 2.22. The molecule has 0 saturated carbocycles. The normalized spacial score (nSPS) is 12.0. The van der Waals surface area contributed by atoms with Crippen LogP contribution < -0.4 is 4.74 Å². The fourth-order valence-electron chi connectivity index (χ4n) is 1.89. The summed E-state index contributed by atoms with van der Waals surface area (Å²) in [6.07, 6.45) is 0.0989. The number of rotatable bonds is 8. The second-order valence-electron chi connectivity index (χ2n) is 5.37. The van der Waals surface area contributed by atoms with Gasteiger partial charge in [-0.2, -0.15) is 0 Å². The van der Waals surface area contributed by atoms with E-state index in [1.165, 1.54) is 7.11 Å². The van der Waals surface area contributed by atoms with Crippen molar-refractivity contribution in [1.82, 2.24) is 0 Å². The topological polar surface area (TPSA) is 72.8 Å². The average molecular weight is 294 g/mol. The van der Waals surface area contributed by atoms with Gasteiger partial charge in [-0.25, -0.2) is 0 Å². The first kappa shape index (κ1) is 17.0. The molecule has 1 unspecified atom stereocenters. The second kappa shape index (κ2) is 8.29. The third-order valence-corrected chi connectivity index (χ3v) is 2.94. The zero-order chi connectivity index (χ0) is 15.8. The van der Waals surface area contributed by atoms with Crippen LogP contribution >= 0.6 is 0 Å². The van der Waals surface area contributed by atoms with Crippen molar-refractivity contribution >= 4 is 11.9 Å². The summed E-state index contributed by atoms with van der Waals surface area (Å²) in [5.74, 6) is -0.973. The van der Waals surface area contributed by atoms with E-state index in [0.717, 1.165) is 11.3 Å². The molecule has 1 N–H and O–H groups in total. The van der Waals surface area contributed by atoms with Crippen LogP contribution in [0, 0.1) is 11.8 Å². The van der Waals surface area contributed by atoms with Gasteiger partial charge in [0.15, 0.2) is 0 Å². The number of aliphatic carboxylic acids is 1. The molecule has 21 heavy (non-hydrogen) atoms. The SMILES string of the molecule is COC(=O)C(CC(=O)O)Cc1ccc(OCC(C)C)cc1. The molecule has 0 heterocycles. The molecule has 0 aliphatic carbocycles. The van der Waals surface area contributed by atoms with E-state index in [9.17, 15) is 9.59 Å². The number of carbonyl (C=O) groups excluding carboxylic acids is 1. The number of carboxylic acid groups (broad SMARTS) is 1. The first-order valence-corrected chi connectivity index (χ1v) is 6.93. The molecule has 5 heteroatoms. The average Bonchev–Trinajstić information content (AvgIpc) is 2.44. The van der Waals surface area contributed by atoms with Gasteiger partial charge < -0.3 is 14.6 Å². The van der Waals surface area contributed by atoms with Crippen molar-refractivity contribution in [3.8, 4) is 5.75 Å². The largest absolute Gasteiger partial charge is 0.493 e. The Morgan fingerprint density at radius 2 is 1.81 bits per heavy atom. The van der Waals surface area contributed by atoms with Crippen molar-refractivity contribution in [2.75, 3.05) is 13.7 Å². The van der Waals surface area contributed by atoms with Gasteiger partial charge in [0, 0.05) is 0 Å². The van der Waals surface area contributed by atoms with E-state index in [-0.39, 0.29) is 6.42 Å². The van der Waals surface area contributed by atoms with E-state index in [1.54, 1.807) is 0 Å². The number of carbonyl (C=O) groups is 2. The van der Waals surface area contributed by atoms with E-state index in [0.29, 0.717) is 18.9 Å². The summed E-state index contributed by atoms with van der Waals surface area (Å²) in [6.45, 7) is 4.78. The van der Waals surface area contributed by atoms with Crippen LogP contribution in [0.25, 0.3) is 0 Å². The molecular weight excluding hydrogens is 272 g/mol. The smallest absolute Gasteiger partial charge is 0.309 e. The standard InChI is InChI=1S/C16H22O5/c1-11(2)10-21-14-6-4-12(5-7-14)8-13(9-15(17)18)16(19)20-3/h4-7,11,13H,8-10H2,1-3H3,(H,17,18). The van der Waals surface area contributed by atoms with Crippen molar-refractivity contribution < 1.29 is 24.2 Å². The summed E-state index contributed by atoms with van der Waals surface area (Å²) in [7, 11) is 1.26. The lowest BCUT2D eigenvalue weighted by atomic mass is 9.96. The molecule has 0 spiro atoms. The summed E-state index contributed by atoms with van der Waals surface area (Å²) in [4.78, 5) is 22.4. The number of hydrogen-bond donors (Lipinski definition) is 1. The molecular formula is C16H22O5. The molecule has 116 valence electrons. The lowest BCUT2D eigenvalue weighted by Gasteiger charge is -2.13. The second-order valence-corrected chi connectivity index (χ2v) is 5.37. The number of benzene rings is 1. The van der Waals surface area contributed by atoms with Crippen LogP contribution in [0.5, 0.6) is 5.75 Å². The summed E-state index contributed by atoms with van der Waals surface area (Å²) in [5, 5.41) is 8.84. The molecule has 1 aromatic rings. The predicted molar refractivity (Wildman–Crippen MR) is 78.2 cm³/mol. The highest BCUT2D eigenvalue weighted by molar-refractivity contribution is 5.79. The third-order valence-electron chi connectivity index (χ3n) is 2.94. The first-order chi connectivity index (χ1) is 9.92. The van der Waals surface area contributed by atoms with Crippen molar-refractivity contribution in [3.05, 3.63) is 29.8 Å². The van der Waals surface area contributed by atoms with Crippen molar-refractivity contribution in [1.29, 1.82) is 0 Å². The third kappa shape index (κ3) is 6.29. The fourth-order valence-corrected chi connectivity index (χ4v) is 1.89. The van der Waals surface area contributed by atoms with Crippen molar-refractivity contribution in [3.63, 3.8) is 0 Å². The quantitative estimate of drug-likeness (QED) is 0.746. The predicted octanol–water partition coefficient (Wildman–Crippen LogP) is 2.53. The van der Waals surface area contributed by atoms with Crippen molar-refractivity contribution in [2.45, 2.75) is 26.7 Å². The van der Waals surface area contributed by atoms with E-state index in [4.69, 9.17) is 9.84 Å². The van der Waals surface area contributed by atoms with E-state index < -0.39 is 17.9 Å². The molecule has 0 radical (unpaired) electrons. The molecule has 1 aromatic carbocycles. The molecule has 0 amide bonds. The molecule has 0 saturated heterocycles. The minimum atomic E-state index is -1.01. The summed E-state index contributed by atoms with van der Waals surface area (Å²) in [6, 6.07) is 7.33. The molecule has 5 nitrogen and oxygen atoms in total. The number of esters is 1. The Bertz CT molecular complexity index is 464. The minimum Gasteiger partial charge on any atom is -0.493 e. The number of methoxy groups -OCH3 is 1. The monoisotopic (exact) mass is 294 g/mol. The Morgan fingerprint density at radius 1 is 1.19 bits per heavy atom. The maximum absolute atomic E-state index is 11.6. The van der Waals surface area contributed by atoms with Gasteiger partial charge in [0.1, 0.15) is 5.75 Å². The Morgan fingerprint density at radius 3 is 2.29 bits per heavy atom. The zero-order valence-electron chi connectivity index (χ0n) is 12.7. The molecule has 0 aliphatic heterocycles. The van der Waals surface area contributed by atoms with Crippen LogP contribution in [0.4, 0.5) is 0 Å². The fraction of sp³-hybridized carbons (Fsp3) is 0.500. The van der Waals surface area contributed by atoms with E-state index in [1.807, 2.05) is 24.3 Å². The highest BCUT2D eigenvalue weighted by Crippen LogP contribution is 2.18. The van der Waals surface area contributed by atoms with Gasteiger partial charge in [0.2, 0.25) is 0 Å². The Balaban J connectivity index is 2.67. The van der Waals surface area contributed by atoms with Crippen LogP contribution in [0.3, 0.4) is 0 Å². The lowest BCUT2D eigenvalue weighted by molar-refractivity contribution is -0.150. The van der Waals surface area contributed by atoms with E-state index in [2.05, 4.69) is 18.6 Å². The Hall–Kier alpha value is -2.04. The summed E-state index contributed by atoms with van der Waals surface area (Å²) < 4.78 is 10.2. The molecule has 0 bridgehead atoms. The van der Waals surface area contributed by atoms with Crippen LogP contribution in [-0.4, -0.2) is 30.8 Å². The summed E-state index contributed by atoms with van der Waals surface area (Å²) >= 11 is 0. The van der Waals surface area contributed by atoms with Gasteiger partial charge in [-0.05, 0) is 30.0 Å². The van der Waals surface area contributed by atoms with Gasteiger partial charge in [0.25, 0.3) is 0 Å². The number of carboxylic acids is 1. The highest BCUT2D eigenvalue weighted by atomic mass is 16.5. The van der Waals surface area contributed by atoms with Gasteiger partial charge in [-0.15, -0.1) is 0 Å². The van der Waals surface area contributed by atoms with Crippen LogP contribution in [0.2, 0.25) is 0 Å². The van der Waals surface area contributed by atoms with Crippen molar-refractivity contribution in [2.24, 2.45) is 11.8 Å². The lowest BCUT2D eigenvalue weighted by Crippen LogP contribution is -2.22. The van der Waals surface area contributed by atoms with Gasteiger partial charge >= 0.3 is 11.9 Å². The molecule has 0 fully saturated rings. The minimum absolute atomic E-state index is 0.238. The van der Waals surface area contributed by atoms with Gasteiger partial charge in [-0.1, -0.05) is 26.0 Å². The molecule has 0 aliphatic rings. The molecule has 0 aromatic heterocycles. The summed E-state index contributed by atoms with van der Waals surface area (Å²) in [5.41, 5.74) is 0.878. The Kier molecular flexibility index (Phi) is 6.72.